The lowest BCUT2D eigenvalue weighted by molar-refractivity contribution is -0.126. The molecular formula is C16H23N5O3. The van der Waals surface area contributed by atoms with E-state index < -0.39 is 5.92 Å². The summed E-state index contributed by atoms with van der Waals surface area (Å²) in [4.78, 5) is 46.1. The number of aromatic amines is 1. The highest BCUT2D eigenvalue weighted by atomic mass is 16.2. The number of nitrogens with one attached hydrogen (secondary N) is 3. The number of carbonyl (C=O) groups excluding carboxylic acids is 2. The number of H-pyrrole nitrogens is 1. The van der Waals surface area contributed by atoms with Crippen LogP contribution < -0.4 is 21.1 Å². The van der Waals surface area contributed by atoms with Crippen LogP contribution in [0.1, 0.15) is 51.0 Å². The van der Waals surface area contributed by atoms with Gasteiger partial charge in [0.25, 0.3) is 5.56 Å². The van der Waals surface area contributed by atoms with Gasteiger partial charge in [0, 0.05) is 25.6 Å². The average Bonchev–Trinajstić information content (AvgIpc) is 2.54. The maximum absolute atomic E-state index is 12.6. The Kier molecular flexibility index (Phi) is 4.55. The van der Waals surface area contributed by atoms with Crippen molar-refractivity contribution >= 4 is 23.6 Å². The van der Waals surface area contributed by atoms with Crippen molar-refractivity contribution in [3.8, 4) is 0 Å². The Morgan fingerprint density at radius 2 is 2.17 bits per heavy atom. The number of hydrogen-bond donors (Lipinski definition) is 3. The van der Waals surface area contributed by atoms with E-state index >= 15 is 0 Å². The highest BCUT2D eigenvalue weighted by Gasteiger charge is 2.35. The van der Waals surface area contributed by atoms with E-state index in [1.165, 1.54) is 0 Å². The molecule has 0 radical (unpaired) electrons. The lowest BCUT2D eigenvalue weighted by Crippen LogP contribution is -2.42. The van der Waals surface area contributed by atoms with E-state index in [0.717, 1.165) is 25.8 Å². The average molecular weight is 333 g/mol. The molecule has 0 bridgehead atoms. The van der Waals surface area contributed by atoms with Crippen molar-refractivity contribution in [3.63, 3.8) is 0 Å². The minimum absolute atomic E-state index is 0.0386. The summed E-state index contributed by atoms with van der Waals surface area (Å²) in [5, 5.41) is 5.32. The van der Waals surface area contributed by atoms with E-state index in [2.05, 4.69) is 27.5 Å². The van der Waals surface area contributed by atoms with Crippen LogP contribution in [0.2, 0.25) is 0 Å². The third-order valence-corrected chi connectivity index (χ3v) is 4.68. The van der Waals surface area contributed by atoms with E-state index in [1.807, 2.05) is 4.90 Å². The summed E-state index contributed by atoms with van der Waals surface area (Å²) >= 11 is 0. The molecule has 2 aliphatic rings. The maximum atomic E-state index is 12.6. The van der Waals surface area contributed by atoms with Gasteiger partial charge in [0.1, 0.15) is 5.82 Å². The Hall–Kier alpha value is -2.38. The minimum atomic E-state index is -0.794. The fourth-order valence-electron chi connectivity index (χ4n) is 3.43. The van der Waals surface area contributed by atoms with Crippen LogP contribution in [0.5, 0.6) is 0 Å². The van der Waals surface area contributed by atoms with Gasteiger partial charge in [-0.05, 0) is 33.1 Å². The van der Waals surface area contributed by atoms with Gasteiger partial charge in [-0.3, -0.25) is 19.4 Å². The standard InChI is InChI=1S/C16H23N5O3/c1-3-17-14(23)10-8-11(22)18-13-12(10)15(24)20-16(19-13)21-7-5-4-6-9(21)2/h9-10H,3-8H2,1-2H3,(H,17,23)(H2,18,19,20,22,24)/t9-,10-/m1/s1. The fraction of sp³-hybridized carbons (Fsp3) is 0.625. The molecule has 2 aliphatic heterocycles. The molecule has 130 valence electrons. The number of rotatable bonds is 3. The number of hydrogen-bond acceptors (Lipinski definition) is 5. The van der Waals surface area contributed by atoms with Crippen molar-refractivity contribution in [3.05, 3.63) is 15.9 Å². The molecule has 8 nitrogen and oxygen atoms in total. The summed E-state index contributed by atoms with van der Waals surface area (Å²) in [6.45, 7) is 5.15. The van der Waals surface area contributed by atoms with Gasteiger partial charge in [-0.25, -0.2) is 0 Å². The van der Waals surface area contributed by atoms with Crippen molar-refractivity contribution in [2.24, 2.45) is 0 Å². The molecule has 2 amide bonds. The number of nitrogens with zero attached hydrogens (tertiary/aromatic N) is 2. The van der Waals surface area contributed by atoms with Crippen LogP contribution in [0.3, 0.4) is 0 Å². The molecule has 0 aliphatic carbocycles. The molecule has 3 rings (SSSR count). The fourth-order valence-corrected chi connectivity index (χ4v) is 3.43. The molecule has 1 aromatic rings. The smallest absolute Gasteiger partial charge is 0.258 e. The zero-order valence-electron chi connectivity index (χ0n) is 14.0. The van der Waals surface area contributed by atoms with Gasteiger partial charge in [-0.1, -0.05) is 0 Å². The Morgan fingerprint density at radius 1 is 1.38 bits per heavy atom. The van der Waals surface area contributed by atoms with Crippen LogP contribution in [0.25, 0.3) is 0 Å². The molecular weight excluding hydrogens is 310 g/mol. The summed E-state index contributed by atoms with van der Waals surface area (Å²) in [7, 11) is 0. The number of piperidine rings is 1. The molecule has 1 aromatic heterocycles. The molecule has 0 spiro atoms. The number of carbonyl (C=O) groups is 2. The predicted molar refractivity (Wildman–Crippen MR) is 90.2 cm³/mol. The first-order chi connectivity index (χ1) is 11.5. The molecule has 1 saturated heterocycles. The first-order valence-electron chi connectivity index (χ1n) is 8.49. The Balaban J connectivity index is 2.01. The molecule has 3 N–H and O–H groups in total. The predicted octanol–water partition coefficient (Wildman–Crippen LogP) is 0.711. The third-order valence-electron chi connectivity index (χ3n) is 4.68. The summed E-state index contributed by atoms with van der Waals surface area (Å²) in [6.07, 6.45) is 3.19. The van der Waals surface area contributed by atoms with Crippen molar-refractivity contribution < 1.29 is 9.59 Å². The normalized spacial score (nSPS) is 23.4. The number of aromatic nitrogens is 2. The second-order valence-corrected chi connectivity index (χ2v) is 6.39. The highest BCUT2D eigenvalue weighted by molar-refractivity contribution is 6.00. The van der Waals surface area contributed by atoms with Gasteiger partial charge in [-0.15, -0.1) is 0 Å². The Bertz CT molecular complexity index is 714. The van der Waals surface area contributed by atoms with Gasteiger partial charge < -0.3 is 15.5 Å². The number of fused-ring (bicyclic) bond motifs is 1. The number of amides is 2. The molecule has 24 heavy (non-hydrogen) atoms. The SMILES string of the molecule is CCNC(=O)[C@@H]1CC(=O)Nc2nc(N3CCCC[C@H]3C)[nH]c(=O)c21. The molecule has 2 atom stereocenters. The summed E-state index contributed by atoms with van der Waals surface area (Å²) in [6, 6.07) is 0.276. The van der Waals surface area contributed by atoms with Crippen LogP contribution >= 0.6 is 0 Å². The molecule has 0 aromatic carbocycles. The highest BCUT2D eigenvalue weighted by Crippen LogP contribution is 2.30. The van der Waals surface area contributed by atoms with Crippen molar-refractivity contribution in [2.75, 3.05) is 23.3 Å². The van der Waals surface area contributed by atoms with Crippen molar-refractivity contribution in [2.45, 2.75) is 51.5 Å². The number of likely N-dealkylation sites (N-methyl/N-ethyl adjacent to an activating group) is 1. The van der Waals surface area contributed by atoms with Crippen LogP contribution in [-0.4, -0.2) is 40.9 Å². The molecule has 1 fully saturated rings. The second-order valence-electron chi connectivity index (χ2n) is 6.39. The van der Waals surface area contributed by atoms with E-state index in [-0.39, 0.29) is 41.2 Å². The van der Waals surface area contributed by atoms with Crippen molar-refractivity contribution in [1.29, 1.82) is 0 Å². The van der Waals surface area contributed by atoms with E-state index in [1.54, 1.807) is 6.92 Å². The minimum Gasteiger partial charge on any atom is -0.356 e. The zero-order valence-corrected chi connectivity index (χ0v) is 14.0. The number of anilines is 2. The lowest BCUT2D eigenvalue weighted by atomic mass is 9.92. The van der Waals surface area contributed by atoms with Crippen LogP contribution in [0.4, 0.5) is 11.8 Å². The second kappa shape index (κ2) is 6.62. The monoisotopic (exact) mass is 333 g/mol. The van der Waals surface area contributed by atoms with Crippen molar-refractivity contribution in [1.82, 2.24) is 15.3 Å². The summed E-state index contributed by atoms with van der Waals surface area (Å²) in [5.41, 5.74) is -0.113. The summed E-state index contributed by atoms with van der Waals surface area (Å²) < 4.78 is 0. The third kappa shape index (κ3) is 3.00. The first-order valence-corrected chi connectivity index (χ1v) is 8.49. The molecule has 8 heteroatoms. The van der Waals surface area contributed by atoms with Crippen LogP contribution in [-0.2, 0) is 9.59 Å². The molecule has 3 heterocycles. The van der Waals surface area contributed by atoms with E-state index in [0.29, 0.717) is 12.5 Å². The van der Waals surface area contributed by atoms with Crippen LogP contribution in [0.15, 0.2) is 4.79 Å². The Morgan fingerprint density at radius 3 is 2.88 bits per heavy atom. The van der Waals surface area contributed by atoms with Crippen LogP contribution in [0, 0.1) is 0 Å². The van der Waals surface area contributed by atoms with Gasteiger partial charge in [0.2, 0.25) is 17.8 Å². The lowest BCUT2D eigenvalue weighted by Gasteiger charge is -2.34. The summed E-state index contributed by atoms with van der Waals surface area (Å²) in [5.74, 6) is -0.742. The van der Waals surface area contributed by atoms with Gasteiger partial charge in [-0.2, -0.15) is 4.98 Å². The largest absolute Gasteiger partial charge is 0.356 e. The molecule has 0 unspecified atom stereocenters. The maximum Gasteiger partial charge on any atom is 0.258 e. The quantitative estimate of drug-likeness (QED) is 0.755. The Labute approximate surface area is 140 Å². The van der Waals surface area contributed by atoms with Gasteiger partial charge >= 0.3 is 0 Å². The first kappa shape index (κ1) is 16.5. The van der Waals surface area contributed by atoms with E-state index in [9.17, 15) is 14.4 Å². The van der Waals surface area contributed by atoms with E-state index in [4.69, 9.17) is 0 Å². The zero-order chi connectivity index (χ0) is 17.3. The van der Waals surface area contributed by atoms with Gasteiger partial charge in [0.05, 0.1) is 11.5 Å². The molecule has 0 saturated carbocycles. The van der Waals surface area contributed by atoms with Gasteiger partial charge in [0.15, 0.2) is 0 Å². The topological polar surface area (TPSA) is 107 Å².